The van der Waals surface area contributed by atoms with E-state index < -0.39 is 0 Å². The summed E-state index contributed by atoms with van der Waals surface area (Å²) in [6.45, 7) is 1.76. The van der Waals surface area contributed by atoms with E-state index in [2.05, 4.69) is 0 Å². The van der Waals surface area contributed by atoms with E-state index in [0.29, 0.717) is 6.29 Å². The van der Waals surface area contributed by atoms with Gasteiger partial charge in [-0.3, -0.25) is 4.79 Å². The number of hydrogen-bond donors (Lipinski definition) is 1. The Labute approximate surface area is 69.4 Å². The highest BCUT2D eigenvalue weighted by molar-refractivity contribution is 6.33. The summed E-state index contributed by atoms with van der Waals surface area (Å²) < 4.78 is 0. The number of phenolic OH excluding ortho intramolecular Hbond substituents is 1. The lowest BCUT2D eigenvalue weighted by atomic mass is 10.1. The molecular formula is C8H7ClO2. The van der Waals surface area contributed by atoms with Crippen molar-refractivity contribution in [2.24, 2.45) is 0 Å². The first kappa shape index (κ1) is 8.08. The van der Waals surface area contributed by atoms with Gasteiger partial charge in [-0.25, -0.2) is 0 Å². The maximum absolute atomic E-state index is 10.3. The fourth-order valence-electron chi connectivity index (χ4n) is 0.775. The minimum atomic E-state index is -0.137. The van der Waals surface area contributed by atoms with E-state index in [0.717, 1.165) is 5.56 Å². The van der Waals surface area contributed by atoms with E-state index in [4.69, 9.17) is 11.6 Å². The zero-order valence-corrected chi connectivity index (χ0v) is 6.72. The third-order valence-corrected chi connectivity index (χ3v) is 1.94. The normalized spacial score (nSPS) is 9.64. The summed E-state index contributed by atoms with van der Waals surface area (Å²) in [6, 6.07) is 3.22. The van der Waals surface area contributed by atoms with Crippen LogP contribution in [-0.2, 0) is 0 Å². The Morgan fingerprint density at radius 3 is 2.73 bits per heavy atom. The summed E-state index contributed by atoms with van der Waals surface area (Å²) in [5.74, 6) is -0.137. The Balaban J connectivity index is 3.36. The Bertz CT molecular complexity index is 294. The van der Waals surface area contributed by atoms with Gasteiger partial charge in [0.25, 0.3) is 0 Å². The predicted octanol–water partition coefficient (Wildman–Crippen LogP) is 2.17. The Hall–Kier alpha value is -1.02. The summed E-state index contributed by atoms with van der Waals surface area (Å²) in [4.78, 5) is 10.3. The second kappa shape index (κ2) is 2.93. The molecule has 0 radical (unpaired) electrons. The fraction of sp³-hybridized carbons (Fsp3) is 0.125. The molecule has 1 aromatic carbocycles. The van der Waals surface area contributed by atoms with Crippen molar-refractivity contribution in [3.05, 3.63) is 28.3 Å². The van der Waals surface area contributed by atoms with E-state index in [1.54, 1.807) is 13.0 Å². The van der Waals surface area contributed by atoms with Crippen LogP contribution >= 0.6 is 11.6 Å². The molecule has 0 saturated carbocycles. The van der Waals surface area contributed by atoms with Crippen LogP contribution in [0.1, 0.15) is 15.9 Å². The van der Waals surface area contributed by atoms with Crippen LogP contribution in [0, 0.1) is 6.92 Å². The average molecular weight is 171 g/mol. The highest BCUT2D eigenvalue weighted by Crippen LogP contribution is 2.29. The molecule has 1 rings (SSSR count). The van der Waals surface area contributed by atoms with Gasteiger partial charge in [0.15, 0.2) is 6.29 Å². The van der Waals surface area contributed by atoms with Crippen LogP contribution in [0.25, 0.3) is 0 Å². The molecule has 0 spiro atoms. The molecule has 0 saturated heterocycles. The zero-order valence-electron chi connectivity index (χ0n) is 5.97. The smallest absolute Gasteiger partial charge is 0.153 e. The van der Waals surface area contributed by atoms with Crippen LogP contribution in [0.5, 0.6) is 5.75 Å². The first-order chi connectivity index (χ1) is 5.16. The summed E-state index contributed by atoms with van der Waals surface area (Å²) >= 11 is 5.65. The van der Waals surface area contributed by atoms with Crippen molar-refractivity contribution in [1.29, 1.82) is 0 Å². The van der Waals surface area contributed by atoms with Crippen molar-refractivity contribution in [1.82, 2.24) is 0 Å². The third-order valence-electron chi connectivity index (χ3n) is 1.47. The van der Waals surface area contributed by atoms with Gasteiger partial charge >= 0.3 is 0 Å². The quantitative estimate of drug-likeness (QED) is 0.656. The zero-order chi connectivity index (χ0) is 8.43. The largest absolute Gasteiger partial charge is 0.506 e. The molecule has 11 heavy (non-hydrogen) atoms. The molecule has 0 atom stereocenters. The maximum Gasteiger partial charge on any atom is 0.153 e. The van der Waals surface area contributed by atoms with Crippen LogP contribution in [0.4, 0.5) is 0 Å². The van der Waals surface area contributed by atoms with E-state index in [1.807, 2.05) is 0 Å². The van der Waals surface area contributed by atoms with E-state index in [9.17, 15) is 9.90 Å². The Morgan fingerprint density at radius 1 is 1.55 bits per heavy atom. The number of rotatable bonds is 1. The average Bonchev–Trinajstić information content (AvgIpc) is 2.01. The Kier molecular flexibility index (Phi) is 2.15. The summed E-state index contributed by atoms with van der Waals surface area (Å²) in [6.07, 6.45) is 0.570. The van der Waals surface area contributed by atoms with Crippen molar-refractivity contribution in [2.75, 3.05) is 0 Å². The van der Waals surface area contributed by atoms with E-state index in [-0.39, 0.29) is 16.3 Å². The van der Waals surface area contributed by atoms with Gasteiger partial charge in [0, 0.05) is 0 Å². The lowest BCUT2D eigenvalue weighted by molar-refractivity contribution is 0.112. The molecule has 0 unspecified atom stereocenters. The maximum atomic E-state index is 10.3. The monoisotopic (exact) mass is 170 g/mol. The molecule has 0 aliphatic carbocycles. The van der Waals surface area contributed by atoms with Crippen molar-refractivity contribution in [2.45, 2.75) is 6.92 Å². The van der Waals surface area contributed by atoms with E-state index >= 15 is 0 Å². The number of carbonyl (C=O) groups is 1. The van der Waals surface area contributed by atoms with Gasteiger partial charge in [-0.15, -0.1) is 0 Å². The van der Waals surface area contributed by atoms with Gasteiger partial charge in [-0.05, 0) is 18.6 Å². The molecule has 0 aliphatic heterocycles. The first-order valence-corrected chi connectivity index (χ1v) is 3.48. The molecule has 0 bridgehead atoms. The van der Waals surface area contributed by atoms with Crippen LogP contribution in [0.15, 0.2) is 12.1 Å². The molecule has 58 valence electrons. The number of hydrogen-bond acceptors (Lipinski definition) is 2. The van der Waals surface area contributed by atoms with Crippen molar-refractivity contribution in [3.8, 4) is 5.75 Å². The lowest BCUT2D eigenvalue weighted by Gasteiger charge is -2.01. The number of aromatic hydroxyl groups is 1. The molecule has 0 heterocycles. The van der Waals surface area contributed by atoms with Gasteiger partial charge < -0.3 is 5.11 Å². The molecule has 1 aromatic rings. The number of phenols is 1. The molecule has 0 aromatic heterocycles. The summed E-state index contributed by atoms with van der Waals surface area (Å²) in [5, 5.41) is 9.46. The minimum absolute atomic E-state index is 0.137. The van der Waals surface area contributed by atoms with Gasteiger partial charge in [0.05, 0.1) is 10.6 Å². The van der Waals surface area contributed by atoms with Gasteiger partial charge in [-0.2, -0.15) is 0 Å². The van der Waals surface area contributed by atoms with Crippen molar-refractivity contribution >= 4 is 17.9 Å². The molecule has 2 nitrogen and oxygen atoms in total. The van der Waals surface area contributed by atoms with Gasteiger partial charge in [0.1, 0.15) is 5.75 Å². The highest BCUT2D eigenvalue weighted by Gasteiger charge is 2.06. The number of aryl methyl sites for hydroxylation is 1. The van der Waals surface area contributed by atoms with Crippen molar-refractivity contribution < 1.29 is 9.90 Å². The summed E-state index contributed by atoms with van der Waals surface area (Å²) in [7, 11) is 0. The fourth-order valence-corrected chi connectivity index (χ4v) is 0.948. The van der Waals surface area contributed by atoms with Crippen LogP contribution in [-0.4, -0.2) is 11.4 Å². The number of aldehydes is 1. The second-order valence-corrected chi connectivity index (χ2v) is 2.63. The molecule has 0 fully saturated rings. The number of halogens is 1. The van der Waals surface area contributed by atoms with Crippen LogP contribution in [0.3, 0.4) is 0 Å². The van der Waals surface area contributed by atoms with E-state index in [1.165, 1.54) is 6.07 Å². The lowest BCUT2D eigenvalue weighted by Crippen LogP contribution is -1.84. The van der Waals surface area contributed by atoms with Crippen LogP contribution < -0.4 is 0 Å². The predicted molar refractivity (Wildman–Crippen MR) is 43.2 cm³/mol. The molecule has 0 aliphatic rings. The SMILES string of the molecule is Cc1ccc(C=O)c(O)c1Cl. The molecule has 1 N–H and O–H groups in total. The summed E-state index contributed by atoms with van der Waals surface area (Å²) in [5.41, 5.74) is 0.982. The van der Waals surface area contributed by atoms with Crippen molar-refractivity contribution in [3.63, 3.8) is 0 Å². The molecule has 0 amide bonds. The number of benzene rings is 1. The standard InChI is InChI=1S/C8H7ClO2/c1-5-2-3-6(4-10)8(11)7(5)9/h2-4,11H,1H3. The first-order valence-electron chi connectivity index (χ1n) is 3.10. The molecular weight excluding hydrogens is 164 g/mol. The third kappa shape index (κ3) is 1.35. The van der Waals surface area contributed by atoms with Gasteiger partial charge in [0.2, 0.25) is 0 Å². The minimum Gasteiger partial charge on any atom is -0.506 e. The van der Waals surface area contributed by atoms with Gasteiger partial charge in [-0.1, -0.05) is 17.7 Å². The second-order valence-electron chi connectivity index (χ2n) is 2.25. The number of carbonyl (C=O) groups excluding carboxylic acids is 1. The molecule has 3 heteroatoms. The highest BCUT2D eigenvalue weighted by atomic mass is 35.5. The Morgan fingerprint density at radius 2 is 2.18 bits per heavy atom. The topological polar surface area (TPSA) is 37.3 Å². The van der Waals surface area contributed by atoms with Crippen LogP contribution in [0.2, 0.25) is 5.02 Å².